The molecule has 0 amide bonds. The quantitative estimate of drug-likeness (QED) is 0.575. The van der Waals surface area contributed by atoms with Gasteiger partial charge in [0.25, 0.3) is 0 Å². The molecule has 0 rings (SSSR count). The highest BCUT2D eigenvalue weighted by atomic mass is 16.1. The van der Waals surface area contributed by atoms with Crippen LogP contribution in [-0.2, 0) is 4.79 Å². The van der Waals surface area contributed by atoms with Crippen molar-refractivity contribution in [3.05, 3.63) is 0 Å². The fourth-order valence-corrected chi connectivity index (χ4v) is 0.440. The molecule has 0 aliphatic rings. The van der Waals surface area contributed by atoms with E-state index in [-0.39, 0.29) is 11.7 Å². The second-order valence-electron chi connectivity index (χ2n) is 2.85. The summed E-state index contributed by atoms with van der Waals surface area (Å²) in [5, 5.41) is 1.78. The van der Waals surface area contributed by atoms with Crippen molar-refractivity contribution in [1.29, 1.82) is 0 Å². The van der Waals surface area contributed by atoms with Crippen molar-refractivity contribution < 1.29 is 4.79 Å². The maximum Gasteiger partial charge on any atom is 0.150 e. The van der Waals surface area contributed by atoms with E-state index in [4.69, 9.17) is 0 Å². The van der Waals surface area contributed by atoms with Gasteiger partial charge in [-0.15, -0.1) is 0 Å². The first-order valence-corrected chi connectivity index (χ1v) is 3.47. The van der Waals surface area contributed by atoms with Crippen LogP contribution in [0.4, 0.5) is 0 Å². The Morgan fingerprint density at radius 2 is 2.00 bits per heavy atom. The number of hydrogen-bond donors (Lipinski definition) is 1. The lowest BCUT2D eigenvalue weighted by Crippen LogP contribution is -2.36. The third-order valence-electron chi connectivity index (χ3n) is 1.21. The molecule has 0 spiro atoms. The van der Waals surface area contributed by atoms with E-state index in [1.165, 1.54) is 0 Å². The second kappa shape index (κ2) is 4.41. The smallest absolute Gasteiger partial charge is 0.150 e. The Kier molecular flexibility index (Phi) is 4.23. The zero-order valence-corrected chi connectivity index (χ0v) is 7.14. The molecule has 0 aromatic heterocycles. The highest BCUT2D eigenvalue weighted by Gasteiger charge is 2.05. The Balaban J connectivity index is 3.40. The molecule has 0 aliphatic carbocycles. The third kappa shape index (κ3) is 4.47. The molecular formula is C7H16N2O. The minimum atomic E-state index is 0.132. The number of hydrogen-bond acceptors (Lipinski definition) is 3. The molecule has 1 N–H and O–H groups in total. The molecule has 3 heteroatoms. The van der Waals surface area contributed by atoms with Crippen molar-refractivity contribution in [3.63, 3.8) is 0 Å². The van der Waals surface area contributed by atoms with Gasteiger partial charge in [0.05, 0.1) is 6.54 Å². The minimum absolute atomic E-state index is 0.132. The van der Waals surface area contributed by atoms with Crippen LogP contribution in [0.15, 0.2) is 0 Å². The first-order valence-electron chi connectivity index (χ1n) is 3.47. The molecule has 0 fully saturated rings. The van der Waals surface area contributed by atoms with E-state index in [2.05, 4.69) is 5.43 Å². The lowest BCUT2D eigenvalue weighted by atomic mass is 10.1. The molecule has 0 aromatic carbocycles. The van der Waals surface area contributed by atoms with Gasteiger partial charge in [0.15, 0.2) is 5.78 Å². The van der Waals surface area contributed by atoms with E-state index in [1.807, 2.05) is 27.9 Å². The fraction of sp³-hybridized carbons (Fsp3) is 0.857. The van der Waals surface area contributed by atoms with Crippen LogP contribution in [0, 0.1) is 5.92 Å². The number of nitrogens with zero attached hydrogens (tertiary/aromatic N) is 1. The molecule has 0 heterocycles. The largest absolute Gasteiger partial charge is 0.298 e. The highest BCUT2D eigenvalue weighted by Crippen LogP contribution is 1.91. The average Bonchev–Trinajstić information content (AvgIpc) is 1.82. The molecule has 0 radical (unpaired) electrons. The molecule has 60 valence electrons. The first kappa shape index (κ1) is 9.59. The Morgan fingerprint density at radius 1 is 1.50 bits per heavy atom. The Bertz CT molecular complexity index is 110. The number of rotatable bonds is 4. The van der Waals surface area contributed by atoms with Crippen molar-refractivity contribution >= 4 is 5.78 Å². The molecular weight excluding hydrogens is 128 g/mol. The summed E-state index contributed by atoms with van der Waals surface area (Å²) in [4.78, 5) is 11.0. The first-order chi connectivity index (χ1) is 4.54. The molecule has 3 nitrogen and oxygen atoms in total. The summed E-state index contributed by atoms with van der Waals surface area (Å²) in [5.41, 5.74) is 2.91. The van der Waals surface area contributed by atoms with Crippen LogP contribution in [-0.4, -0.2) is 31.4 Å². The van der Waals surface area contributed by atoms with Crippen LogP contribution in [0.2, 0.25) is 0 Å². The lowest BCUT2D eigenvalue weighted by Gasteiger charge is -2.11. The Hall–Kier alpha value is -0.410. The molecule has 0 aromatic rings. The summed E-state index contributed by atoms with van der Waals surface area (Å²) in [5.74, 6) is 0.376. The average molecular weight is 144 g/mol. The normalized spacial score (nSPS) is 11.0. The van der Waals surface area contributed by atoms with E-state index in [0.717, 1.165) is 0 Å². The molecule has 0 atom stereocenters. The predicted octanol–water partition coefficient (Wildman–Crippen LogP) is 0.278. The van der Waals surface area contributed by atoms with Crippen molar-refractivity contribution in [3.8, 4) is 0 Å². The summed E-state index contributed by atoms with van der Waals surface area (Å²) in [6.07, 6.45) is 0. The number of nitrogens with one attached hydrogen (secondary N) is 1. The van der Waals surface area contributed by atoms with Crippen LogP contribution >= 0.6 is 0 Å². The topological polar surface area (TPSA) is 32.3 Å². The summed E-state index contributed by atoms with van der Waals surface area (Å²) >= 11 is 0. The molecule has 0 saturated heterocycles. The van der Waals surface area contributed by atoms with E-state index in [1.54, 1.807) is 5.01 Å². The molecule has 0 unspecified atom stereocenters. The van der Waals surface area contributed by atoms with Gasteiger partial charge in [0.2, 0.25) is 0 Å². The predicted molar refractivity (Wildman–Crippen MR) is 41.5 cm³/mol. The van der Waals surface area contributed by atoms with Gasteiger partial charge < -0.3 is 0 Å². The molecule has 0 saturated carbocycles. The van der Waals surface area contributed by atoms with Gasteiger partial charge in [0, 0.05) is 20.0 Å². The standard InChI is InChI=1S/C7H16N2O/c1-6(2)7(10)5-8-9(3)4/h6,8H,5H2,1-4H3. The Labute approximate surface area is 62.4 Å². The van der Waals surface area contributed by atoms with Gasteiger partial charge in [-0.05, 0) is 0 Å². The van der Waals surface area contributed by atoms with E-state index < -0.39 is 0 Å². The maximum absolute atomic E-state index is 11.0. The van der Waals surface area contributed by atoms with Gasteiger partial charge in [-0.1, -0.05) is 13.8 Å². The number of carbonyl (C=O) groups excluding carboxylic acids is 1. The zero-order valence-electron chi connectivity index (χ0n) is 7.14. The van der Waals surface area contributed by atoms with E-state index >= 15 is 0 Å². The maximum atomic E-state index is 11.0. The summed E-state index contributed by atoms with van der Waals surface area (Å²) in [6, 6.07) is 0. The summed E-state index contributed by atoms with van der Waals surface area (Å²) in [6.45, 7) is 4.24. The fourth-order valence-electron chi connectivity index (χ4n) is 0.440. The second-order valence-corrected chi connectivity index (χ2v) is 2.85. The Morgan fingerprint density at radius 3 is 2.30 bits per heavy atom. The van der Waals surface area contributed by atoms with E-state index in [9.17, 15) is 4.79 Å². The van der Waals surface area contributed by atoms with Crippen LogP contribution in [0.3, 0.4) is 0 Å². The lowest BCUT2D eigenvalue weighted by molar-refractivity contribution is -0.121. The highest BCUT2D eigenvalue weighted by molar-refractivity contribution is 5.82. The van der Waals surface area contributed by atoms with Gasteiger partial charge in [-0.3, -0.25) is 9.80 Å². The zero-order chi connectivity index (χ0) is 8.15. The van der Waals surface area contributed by atoms with Gasteiger partial charge in [0.1, 0.15) is 0 Å². The number of carbonyl (C=O) groups is 1. The van der Waals surface area contributed by atoms with Crippen LogP contribution in [0.25, 0.3) is 0 Å². The van der Waals surface area contributed by atoms with Crippen molar-refractivity contribution in [2.24, 2.45) is 5.92 Å². The van der Waals surface area contributed by atoms with Gasteiger partial charge in [-0.2, -0.15) is 0 Å². The number of ketones is 1. The van der Waals surface area contributed by atoms with Crippen LogP contribution in [0.1, 0.15) is 13.8 Å². The SMILES string of the molecule is CC(C)C(=O)CNN(C)C. The van der Waals surface area contributed by atoms with Gasteiger partial charge >= 0.3 is 0 Å². The van der Waals surface area contributed by atoms with E-state index in [0.29, 0.717) is 6.54 Å². The van der Waals surface area contributed by atoms with Crippen molar-refractivity contribution in [2.45, 2.75) is 13.8 Å². The molecule has 10 heavy (non-hydrogen) atoms. The number of hydrazine groups is 1. The van der Waals surface area contributed by atoms with Crippen molar-refractivity contribution in [1.82, 2.24) is 10.4 Å². The monoisotopic (exact) mass is 144 g/mol. The minimum Gasteiger partial charge on any atom is -0.298 e. The van der Waals surface area contributed by atoms with Crippen LogP contribution in [0.5, 0.6) is 0 Å². The number of Topliss-reactive ketones (excluding diaryl/α,β-unsaturated/α-hetero) is 1. The third-order valence-corrected chi connectivity index (χ3v) is 1.21. The molecule has 0 bridgehead atoms. The molecule has 0 aliphatic heterocycles. The summed E-state index contributed by atoms with van der Waals surface area (Å²) in [7, 11) is 3.74. The van der Waals surface area contributed by atoms with Gasteiger partial charge in [-0.25, -0.2) is 5.43 Å². The van der Waals surface area contributed by atoms with Crippen LogP contribution < -0.4 is 5.43 Å². The van der Waals surface area contributed by atoms with Crippen molar-refractivity contribution in [2.75, 3.05) is 20.6 Å². The summed E-state index contributed by atoms with van der Waals surface area (Å²) < 4.78 is 0.